The minimum absolute atomic E-state index is 0.517. The van der Waals surface area contributed by atoms with E-state index in [2.05, 4.69) is 49.8 Å². The zero-order valence-electron chi connectivity index (χ0n) is 13.6. The van der Waals surface area contributed by atoms with Gasteiger partial charge in [0.25, 0.3) is 0 Å². The van der Waals surface area contributed by atoms with Crippen molar-refractivity contribution in [3.63, 3.8) is 0 Å². The highest BCUT2D eigenvalue weighted by molar-refractivity contribution is 7.11. The van der Waals surface area contributed by atoms with Crippen LogP contribution in [0.15, 0.2) is 0 Å². The molecule has 0 radical (unpaired) electrons. The Labute approximate surface area is 127 Å². The van der Waals surface area contributed by atoms with Gasteiger partial charge in [0.2, 0.25) is 0 Å². The number of thiazole rings is 1. The van der Waals surface area contributed by atoms with Crippen molar-refractivity contribution >= 4 is 11.3 Å². The summed E-state index contributed by atoms with van der Waals surface area (Å²) in [5.74, 6) is 0.794. The number of hydrogen-bond donors (Lipinski definition) is 1. The Bertz CT molecular complexity index is 427. The zero-order valence-corrected chi connectivity index (χ0v) is 14.4. The number of piperidine rings is 1. The van der Waals surface area contributed by atoms with Crippen LogP contribution in [0.2, 0.25) is 0 Å². The Balaban J connectivity index is 1.96. The number of rotatable bonds is 5. The van der Waals surface area contributed by atoms with Crippen LogP contribution in [0, 0.1) is 19.8 Å². The van der Waals surface area contributed by atoms with E-state index in [1.807, 2.05) is 11.3 Å². The molecule has 2 atom stereocenters. The first kappa shape index (κ1) is 15.9. The van der Waals surface area contributed by atoms with Gasteiger partial charge in [-0.05, 0) is 52.6 Å². The normalized spacial score (nSPS) is 22.4. The third-order valence-electron chi connectivity index (χ3n) is 4.23. The molecule has 3 nitrogen and oxygen atoms in total. The minimum atomic E-state index is 0.517. The Morgan fingerprint density at radius 2 is 2.10 bits per heavy atom. The quantitative estimate of drug-likeness (QED) is 0.900. The first-order valence-electron chi connectivity index (χ1n) is 7.88. The van der Waals surface area contributed by atoms with E-state index in [0.717, 1.165) is 12.5 Å². The molecule has 1 aliphatic rings. The van der Waals surface area contributed by atoms with Gasteiger partial charge >= 0.3 is 0 Å². The van der Waals surface area contributed by atoms with Crippen molar-refractivity contribution < 1.29 is 0 Å². The second-order valence-electron chi connectivity index (χ2n) is 6.42. The lowest BCUT2D eigenvalue weighted by atomic mass is 9.96. The molecule has 1 aliphatic heterocycles. The van der Waals surface area contributed by atoms with E-state index in [9.17, 15) is 0 Å². The average molecular weight is 295 g/mol. The van der Waals surface area contributed by atoms with Crippen LogP contribution in [0.5, 0.6) is 0 Å². The van der Waals surface area contributed by atoms with Crippen molar-refractivity contribution in [3.05, 3.63) is 15.6 Å². The number of aryl methyl sites for hydroxylation is 2. The fourth-order valence-electron chi connectivity index (χ4n) is 3.12. The van der Waals surface area contributed by atoms with Crippen LogP contribution in [0.1, 0.15) is 55.2 Å². The summed E-state index contributed by atoms with van der Waals surface area (Å²) in [7, 11) is 0. The highest BCUT2D eigenvalue weighted by atomic mass is 32.1. The molecule has 114 valence electrons. The molecular formula is C16H29N3S. The van der Waals surface area contributed by atoms with Gasteiger partial charge in [0.1, 0.15) is 0 Å². The largest absolute Gasteiger partial charge is 0.314 e. The molecule has 4 heteroatoms. The third kappa shape index (κ3) is 4.03. The van der Waals surface area contributed by atoms with Gasteiger partial charge in [-0.15, -0.1) is 11.3 Å². The molecule has 1 saturated heterocycles. The lowest BCUT2D eigenvalue weighted by molar-refractivity contribution is 0.130. The van der Waals surface area contributed by atoms with Crippen molar-refractivity contribution in [1.82, 2.24) is 15.2 Å². The van der Waals surface area contributed by atoms with Gasteiger partial charge in [0.15, 0.2) is 0 Å². The monoisotopic (exact) mass is 295 g/mol. The average Bonchev–Trinajstić information content (AvgIpc) is 2.75. The summed E-state index contributed by atoms with van der Waals surface area (Å²) in [6.45, 7) is 14.7. The van der Waals surface area contributed by atoms with Gasteiger partial charge in [0.05, 0.1) is 10.7 Å². The molecule has 2 heterocycles. The number of aromatic nitrogens is 1. The number of nitrogens with one attached hydrogen (secondary N) is 1. The topological polar surface area (TPSA) is 28.2 Å². The molecule has 0 spiro atoms. The predicted octanol–water partition coefficient (Wildman–Crippen LogP) is 3.53. The zero-order chi connectivity index (χ0) is 14.7. The molecule has 1 N–H and O–H groups in total. The van der Waals surface area contributed by atoms with Crippen LogP contribution in [-0.4, -0.2) is 35.6 Å². The summed E-state index contributed by atoms with van der Waals surface area (Å²) < 4.78 is 0. The molecule has 1 aromatic rings. The molecule has 0 amide bonds. The molecule has 2 unspecified atom stereocenters. The molecule has 0 bridgehead atoms. The number of nitrogens with zero attached hydrogens (tertiary/aromatic N) is 2. The minimum Gasteiger partial charge on any atom is -0.314 e. The van der Waals surface area contributed by atoms with Crippen molar-refractivity contribution in [1.29, 1.82) is 0 Å². The molecule has 2 rings (SSSR count). The lowest BCUT2D eigenvalue weighted by Crippen LogP contribution is -2.41. The Kier molecular flexibility index (Phi) is 5.58. The third-order valence-corrected chi connectivity index (χ3v) is 5.47. The molecular weight excluding hydrogens is 266 g/mol. The highest BCUT2D eigenvalue weighted by Gasteiger charge is 2.26. The van der Waals surface area contributed by atoms with E-state index in [4.69, 9.17) is 0 Å². The summed E-state index contributed by atoms with van der Waals surface area (Å²) in [5.41, 5.74) is 1.22. The van der Waals surface area contributed by atoms with E-state index < -0.39 is 0 Å². The molecule has 0 saturated carbocycles. The molecule has 1 aromatic heterocycles. The van der Waals surface area contributed by atoms with Crippen molar-refractivity contribution in [2.45, 2.75) is 59.5 Å². The van der Waals surface area contributed by atoms with Gasteiger partial charge in [-0.25, -0.2) is 4.98 Å². The van der Waals surface area contributed by atoms with Gasteiger partial charge in [-0.3, -0.25) is 4.90 Å². The fourth-order valence-corrected chi connectivity index (χ4v) is 4.13. The first-order chi connectivity index (χ1) is 9.47. The van der Waals surface area contributed by atoms with Crippen molar-refractivity contribution in [3.8, 4) is 0 Å². The van der Waals surface area contributed by atoms with Crippen LogP contribution >= 0.6 is 11.3 Å². The summed E-state index contributed by atoms with van der Waals surface area (Å²) in [5, 5.41) is 4.79. The lowest BCUT2D eigenvalue weighted by Gasteiger charge is -2.37. The number of likely N-dealkylation sites (tertiary alicyclic amines) is 1. The van der Waals surface area contributed by atoms with E-state index in [1.54, 1.807) is 0 Å². The predicted molar refractivity (Wildman–Crippen MR) is 87.4 cm³/mol. The smallest absolute Gasteiger partial charge is 0.0900 e. The fraction of sp³-hybridized carbons (Fsp3) is 0.812. The Morgan fingerprint density at radius 1 is 1.35 bits per heavy atom. The maximum atomic E-state index is 4.59. The van der Waals surface area contributed by atoms with Crippen molar-refractivity contribution in [2.24, 2.45) is 5.92 Å². The highest BCUT2D eigenvalue weighted by Crippen LogP contribution is 2.31. The maximum absolute atomic E-state index is 4.59. The first-order valence-corrected chi connectivity index (χ1v) is 8.70. The standard InChI is InChI=1S/C16H29N3S/c1-11(2)17-9-15-7-6-8-19(10-15)13(4)16-12(3)18-14(5)20-16/h11,13,15,17H,6-10H2,1-5H3. The van der Waals surface area contributed by atoms with E-state index in [-0.39, 0.29) is 0 Å². The SMILES string of the molecule is Cc1nc(C)c(C(C)N2CCCC(CNC(C)C)C2)s1. The van der Waals surface area contributed by atoms with Crippen LogP contribution in [0.4, 0.5) is 0 Å². The van der Waals surface area contributed by atoms with Crippen LogP contribution in [0.25, 0.3) is 0 Å². The summed E-state index contributed by atoms with van der Waals surface area (Å²) in [6.07, 6.45) is 2.69. The van der Waals surface area contributed by atoms with E-state index >= 15 is 0 Å². The maximum Gasteiger partial charge on any atom is 0.0900 e. The van der Waals surface area contributed by atoms with Crippen molar-refractivity contribution in [2.75, 3.05) is 19.6 Å². The molecule has 0 aliphatic carbocycles. The van der Waals surface area contributed by atoms with Crippen LogP contribution in [0.3, 0.4) is 0 Å². The second-order valence-corrected chi connectivity index (χ2v) is 7.66. The second kappa shape index (κ2) is 7.01. The van der Waals surface area contributed by atoms with Crippen LogP contribution in [-0.2, 0) is 0 Å². The summed E-state index contributed by atoms with van der Waals surface area (Å²) in [4.78, 5) is 8.69. The summed E-state index contributed by atoms with van der Waals surface area (Å²) >= 11 is 1.87. The molecule has 20 heavy (non-hydrogen) atoms. The number of hydrogen-bond acceptors (Lipinski definition) is 4. The van der Waals surface area contributed by atoms with E-state index in [0.29, 0.717) is 12.1 Å². The molecule has 0 aromatic carbocycles. The van der Waals surface area contributed by atoms with E-state index in [1.165, 1.54) is 41.5 Å². The van der Waals surface area contributed by atoms with Gasteiger partial charge in [-0.2, -0.15) is 0 Å². The van der Waals surface area contributed by atoms with Crippen LogP contribution < -0.4 is 5.32 Å². The summed E-state index contributed by atoms with van der Waals surface area (Å²) in [6, 6.07) is 1.11. The Morgan fingerprint density at radius 3 is 2.70 bits per heavy atom. The van der Waals surface area contributed by atoms with Gasteiger partial charge < -0.3 is 5.32 Å². The van der Waals surface area contributed by atoms with Gasteiger partial charge in [-0.1, -0.05) is 13.8 Å². The van der Waals surface area contributed by atoms with Gasteiger partial charge in [0, 0.05) is 23.5 Å². The molecule has 1 fully saturated rings. The Hall–Kier alpha value is -0.450.